The van der Waals surface area contributed by atoms with Crippen molar-refractivity contribution in [3.63, 3.8) is 0 Å². The van der Waals surface area contributed by atoms with E-state index in [1.54, 1.807) is 13.2 Å². The highest BCUT2D eigenvalue weighted by molar-refractivity contribution is 7.99. The lowest BCUT2D eigenvalue weighted by atomic mass is 10.2. The van der Waals surface area contributed by atoms with Gasteiger partial charge >= 0.3 is 0 Å². The van der Waals surface area contributed by atoms with E-state index < -0.39 is 0 Å². The topological polar surface area (TPSA) is 47.3 Å². The highest BCUT2D eigenvalue weighted by atomic mass is 32.2. The van der Waals surface area contributed by atoms with Gasteiger partial charge in [-0.1, -0.05) is 6.07 Å². The zero-order chi connectivity index (χ0) is 13.5. The van der Waals surface area contributed by atoms with Gasteiger partial charge in [0.2, 0.25) is 0 Å². The lowest BCUT2D eigenvalue weighted by Gasteiger charge is -2.06. The molecule has 0 spiro atoms. The summed E-state index contributed by atoms with van der Waals surface area (Å²) in [5, 5.41) is 3.60. The van der Waals surface area contributed by atoms with Gasteiger partial charge in [0.15, 0.2) is 0 Å². The summed E-state index contributed by atoms with van der Waals surface area (Å²) in [5.41, 5.74) is 0.894. The maximum absolute atomic E-state index is 13.9. The number of halogens is 1. The Balaban J connectivity index is 1.93. The Morgan fingerprint density at radius 3 is 3.05 bits per heavy atom. The molecule has 1 aromatic carbocycles. The number of benzene rings is 1. The number of ether oxygens (including phenoxy) is 1. The standard InChI is InChI=1S/C13H15FN2O2S/c1-17-6-4-15-9-10-2-3-12(11(14)8-10)19-13-16-5-7-18-13/h2-3,5,7-8,15H,4,6,9H2,1H3. The molecule has 0 bridgehead atoms. The molecule has 6 heteroatoms. The van der Waals surface area contributed by atoms with Gasteiger partial charge in [-0.2, -0.15) is 0 Å². The van der Waals surface area contributed by atoms with Gasteiger partial charge in [-0.05, 0) is 29.5 Å². The quantitative estimate of drug-likeness (QED) is 0.791. The third-order valence-electron chi connectivity index (χ3n) is 2.42. The molecule has 102 valence electrons. The number of nitrogens with one attached hydrogen (secondary N) is 1. The molecular weight excluding hydrogens is 267 g/mol. The molecule has 1 heterocycles. The van der Waals surface area contributed by atoms with Crippen molar-refractivity contribution < 1.29 is 13.5 Å². The number of nitrogens with zero attached hydrogens (tertiary/aromatic N) is 1. The van der Waals surface area contributed by atoms with E-state index in [0.29, 0.717) is 23.3 Å². The molecular formula is C13H15FN2O2S. The van der Waals surface area contributed by atoms with Crippen LogP contribution in [0.3, 0.4) is 0 Å². The largest absolute Gasteiger partial charge is 0.440 e. The predicted octanol–water partition coefficient (Wildman–Crippen LogP) is 2.70. The zero-order valence-corrected chi connectivity index (χ0v) is 11.4. The van der Waals surface area contributed by atoms with Crippen LogP contribution in [0.1, 0.15) is 5.56 Å². The second-order valence-electron chi connectivity index (χ2n) is 3.83. The molecule has 0 unspecified atom stereocenters. The fourth-order valence-corrected chi connectivity index (χ4v) is 2.20. The monoisotopic (exact) mass is 282 g/mol. The molecule has 1 aromatic heterocycles. The van der Waals surface area contributed by atoms with Crippen LogP contribution in [-0.2, 0) is 11.3 Å². The Kier molecular flexibility index (Phi) is 5.38. The maximum atomic E-state index is 13.9. The van der Waals surface area contributed by atoms with Crippen LogP contribution in [0.4, 0.5) is 4.39 Å². The highest BCUT2D eigenvalue weighted by Crippen LogP contribution is 2.28. The molecule has 2 rings (SSSR count). The molecule has 4 nitrogen and oxygen atoms in total. The Labute approximate surface area is 115 Å². The van der Waals surface area contributed by atoms with Crippen LogP contribution < -0.4 is 5.32 Å². The van der Waals surface area contributed by atoms with Gasteiger partial charge in [0.1, 0.15) is 12.1 Å². The summed E-state index contributed by atoms with van der Waals surface area (Å²) in [6.45, 7) is 2.00. The fourth-order valence-electron chi connectivity index (χ4n) is 1.50. The number of oxazole rings is 1. The van der Waals surface area contributed by atoms with E-state index in [2.05, 4.69) is 10.3 Å². The first-order valence-electron chi connectivity index (χ1n) is 5.85. The van der Waals surface area contributed by atoms with Gasteiger partial charge in [0, 0.05) is 20.2 Å². The number of hydrogen-bond acceptors (Lipinski definition) is 5. The first kappa shape index (κ1) is 14.0. The van der Waals surface area contributed by atoms with E-state index in [4.69, 9.17) is 9.15 Å². The summed E-state index contributed by atoms with van der Waals surface area (Å²) in [6.07, 6.45) is 3.00. The van der Waals surface area contributed by atoms with Crippen molar-refractivity contribution in [2.75, 3.05) is 20.3 Å². The van der Waals surface area contributed by atoms with Gasteiger partial charge in [-0.3, -0.25) is 0 Å². The summed E-state index contributed by atoms with van der Waals surface area (Å²) in [4.78, 5) is 4.45. The summed E-state index contributed by atoms with van der Waals surface area (Å²) < 4.78 is 23.9. The van der Waals surface area contributed by atoms with E-state index in [-0.39, 0.29) is 5.82 Å². The molecule has 0 radical (unpaired) electrons. The Morgan fingerprint density at radius 2 is 2.37 bits per heavy atom. The average molecular weight is 282 g/mol. The summed E-state index contributed by atoms with van der Waals surface area (Å²) in [6, 6.07) is 5.14. The summed E-state index contributed by atoms with van der Waals surface area (Å²) >= 11 is 1.17. The second kappa shape index (κ2) is 7.28. The Morgan fingerprint density at radius 1 is 1.47 bits per heavy atom. The Hall–Kier alpha value is -1.37. The molecule has 0 saturated carbocycles. The van der Waals surface area contributed by atoms with Crippen LogP contribution in [0.15, 0.2) is 45.2 Å². The molecule has 0 aliphatic carbocycles. The van der Waals surface area contributed by atoms with Crippen LogP contribution in [0, 0.1) is 5.82 Å². The third kappa shape index (κ3) is 4.34. The SMILES string of the molecule is COCCNCc1ccc(Sc2ncco2)c(F)c1. The van der Waals surface area contributed by atoms with Crippen molar-refractivity contribution in [1.82, 2.24) is 10.3 Å². The van der Waals surface area contributed by atoms with Gasteiger partial charge in [-0.25, -0.2) is 9.37 Å². The highest BCUT2D eigenvalue weighted by Gasteiger charge is 2.08. The van der Waals surface area contributed by atoms with E-state index >= 15 is 0 Å². The maximum Gasteiger partial charge on any atom is 0.260 e. The van der Waals surface area contributed by atoms with Crippen LogP contribution >= 0.6 is 11.8 Å². The minimum atomic E-state index is -0.269. The van der Waals surface area contributed by atoms with Crippen molar-refractivity contribution in [1.29, 1.82) is 0 Å². The van der Waals surface area contributed by atoms with Crippen LogP contribution in [-0.4, -0.2) is 25.2 Å². The van der Waals surface area contributed by atoms with Crippen molar-refractivity contribution in [3.05, 3.63) is 42.0 Å². The first-order chi connectivity index (χ1) is 9.29. The van der Waals surface area contributed by atoms with Crippen LogP contribution in [0.25, 0.3) is 0 Å². The third-order valence-corrected chi connectivity index (χ3v) is 3.34. The molecule has 2 aromatic rings. The predicted molar refractivity (Wildman–Crippen MR) is 70.6 cm³/mol. The van der Waals surface area contributed by atoms with Crippen molar-refractivity contribution in [3.8, 4) is 0 Å². The van der Waals surface area contributed by atoms with Crippen molar-refractivity contribution in [2.45, 2.75) is 16.7 Å². The fraction of sp³-hybridized carbons (Fsp3) is 0.308. The molecule has 0 saturated heterocycles. The summed E-state index contributed by atoms with van der Waals surface area (Å²) in [5.74, 6) is -0.269. The Bertz CT molecular complexity index is 505. The number of hydrogen-bond donors (Lipinski definition) is 1. The molecule has 0 aliphatic heterocycles. The van der Waals surface area contributed by atoms with Crippen LogP contribution in [0.2, 0.25) is 0 Å². The van der Waals surface area contributed by atoms with E-state index in [0.717, 1.165) is 12.1 Å². The normalized spacial score (nSPS) is 10.8. The molecule has 0 atom stereocenters. The number of rotatable bonds is 7. The second-order valence-corrected chi connectivity index (χ2v) is 4.83. The van der Waals surface area contributed by atoms with Gasteiger partial charge in [0.05, 0.1) is 17.7 Å². The minimum absolute atomic E-state index is 0.269. The minimum Gasteiger partial charge on any atom is -0.440 e. The lowest BCUT2D eigenvalue weighted by molar-refractivity contribution is 0.199. The summed E-state index contributed by atoms with van der Waals surface area (Å²) in [7, 11) is 1.65. The smallest absolute Gasteiger partial charge is 0.260 e. The molecule has 1 N–H and O–H groups in total. The molecule has 0 aliphatic rings. The number of aromatic nitrogens is 1. The lowest BCUT2D eigenvalue weighted by Crippen LogP contribution is -2.18. The van der Waals surface area contributed by atoms with Crippen LogP contribution in [0.5, 0.6) is 0 Å². The van der Waals surface area contributed by atoms with Gasteiger partial charge in [0.25, 0.3) is 5.22 Å². The first-order valence-corrected chi connectivity index (χ1v) is 6.66. The van der Waals surface area contributed by atoms with Crippen molar-refractivity contribution in [2.24, 2.45) is 0 Å². The van der Waals surface area contributed by atoms with Crippen molar-refractivity contribution >= 4 is 11.8 Å². The molecule has 0 fully saturated rings. The molecule has 0 amide bonds. The van der Waals surface area contributed by atoms with E-state index in [9.17, 15) is 4.39 Å². The van der Waals surface area contributed by atoms with Gasteiger partial charge < -0.3 is 14.5 Å². The number of methoxy groups -OCH3 is 1. The van der Waals surface area contributed by atoms with E-state index in [1.165, 1.54) is 30.3 Å². The van der Waals surface area contributed by atoms with E-state index in [1.807, 2.05) is 6.07 Å². The average Bonchev–Trinajstić information content (AvgIpc) is 2.91. The zero-order valence-electron chi connectivity index (χ0n) is 10.6. The van der Waals surface area contributed by atoms with Gasteiger partial charge in [-0.15, -0.1) is 0 Å². The molecule has 19 heavy (non-hydrogen) atoms.